The van der Waals surface area contributed by atoms with Gasteiger partial charge in [-0.05, 0) is 86.8 Å². The number of alkyl carbamates (subject to hydrolysis) is 1. The Kier molecular flexibility index (Phi) is 8.34. The fourth-order valence-electron chi connectivity index (χ4n) is 8.31. The van der Waals surface area contributed by atoms with Gasteiger partial charge in [0.05, 0.1) is 29.8 Å². The normalized spacial score (nSPS) is 33.7. The predicted octanol–water partition coefficient (Wildman–Crippen LogP) is 6.79. The molecule has 3 saturated carbocycles. The lowest BCUT2D eigenvalue weighted by atomic mass is 9.85. The maximum Gasteiger partial charge on any atom is 0.408 e. The Morgan fingerprint density at radius 2 is 1.81 bits per heavy atom. The Morgan fingerprint density at radius 1 is 1.04 bits per heavy atom. The molecule has 2 aliphatic heterocycles. The van der Waals surface area contributed by atoms with Crippen molar-refractivity contribution in [1.82, 2.24) is 15.2 Å². The molecule has 3 heterocycles. The van der Waals surface area contributed by atoms with Gasteiger partial charge in [0.1, 0.15) is 24.0 Å². The van der Waals surface area contributed by atoms with Crippen LogP contribution in [0.4, 0.5) is 13.6 Å². The molecule has 1 N–H and O–H groups in total. The van der Waals surface area contributed by atoms with Crippen LogP contribution in [0.2, 0.25) is 0 Å². The Balaban J connectivity index is 1.27. The third-order valence-corrected chi connectivity index (χ3v) is 11.2. The molecule has 4 fully saturated rings. The average Bonchev–Trinajstić information content (AvgIpc) is 3.92. The SMILES string of the molecule is CC(=O)[C@@H]1[C@H](C)[C@@H]2CN1C(=O)[C@H](C(C)(C)C)NC(=O)O[C@@H]1CC3CC3[C@H]1CCCCC(F)(F)c1cc3ccc(OC4CC4)cc3nc1O2. The second kappa shape index (κ2) is 12.1. The van der Waals surface area contributed by atoms with Crippen molar-refractivity contribution in [3.05, 3.63) is 29.8 Å². The zero-order valence-electron chi connectivity index (χ0n) is 28.5. The molecule has 11 heteroatoms. The maximum atomic E-state index is 16.3. The molecule has 2 amide bonds. The lowest BCUT2D eigenvalue weighted by Gasteiger charge is -2.35. The summed E-state index contributed by atoms with van der Waals surface area (Å²) in [5.41, 5.74) is -0.548. The molecule has 260 valence electrons. The maximum absolute atomic E-state index is 16.3. The minimum atomic E-state index is -3.24. The summed E-state index contributed by atoms with van der Waals surface area (Å²) in [5.74, 6) is -3.02. The number of rotatable bonds is 3. The van der Waals surface area contributed by atoms with E-state index in [9.17, 15) is 14.4 Å². The van der Waals surface area contributed by atoms with E-state index in [1.807, 2.05) is 20.8 Å². The molecule has 5 aliphatic rings. The van der Waals surface area contributed by atoms with Crippen LogP contribution < -0.4 is 14.8 Å². The molecular formula is C37H47F2N3O6. The lowest BCUT2D eigenvalue weighted by molar-refractivity contribution is -0.141. The number of Topliss-reactive ketones (excluding diaryl/α,β-unsaturated/α-hetero) is 1. The zero-order valence-corrected chi connectivity index (χ0v) is 28.5. The standard InChI is InChI=1S/C37H47F2N3O6/c1-19-30-18-42(31(19)20(2)43)34(44)32(36(3,4)5)41-35(45)48-29-16-22-14-26(22)25(29)8-6-7-13-37(38,39)27-15-21-9-10-24(46-23-11-12-23)17-28(21)40-33(27)47-30/h9-10,15,17,19,22-23,25-26,29-32H,6-8,11-14,16,18H2,1-5H3,(H,41,45)/t19-,22?,25-,26?,29-,30+,31+,32-/m1/s1. The molecule has 7 rings (SSSR count). The molecule has 48 heavy (non-hydrogen) atoms. The van der Waals surface area contributed by atoms with Gasteiger partial charge < -0.3 is 24.4 Å². The van der Waals surface area contributed by atoms with Gasteiger partial charge >= 0.3 is 6.09 Å². The Bertz CT molecular complexity index is 1610. The van der Waals surface area contributed by atoms with Crippen LogP contribution >= 0.6 is 0 Å². The van der Waals surface area contributed by atoms with Crippen LogP contribution in [0.15, 0.2) is 24.3 Å². The number of hydrogen-bond acceptors (Lipinski definition) is 7. The summed E-state index contributed by atoms with van der Waals surface area (Å²) in [4.78, 5) is 46.8. The first-order chi connectivity index (χ1) is 22.7. The summed E-state index contributed by atoms with van der Waals surface area (Å²) in [7, 11) is 0. The fraction of sp³-hybridized carbons (Fsp3) is 0.676. The number of nitrogens with zero attached hydrogens (tertiary/aromatic N) is 2. The van der Waals surface area contributed by atoms with Crippen LogP contribution in [0.3, 0.4) is 0 Å². The van der Waals surface area contributed by atoms with Gasteiger partial charge in [-0.15, -0.1) is 0 Å². The first-order valence-corrected chi connectivity index (χ1v) is 17.6. The summed E-state index contributed by atoms with van der Waals surface area (Å²) in [6, 6.07) is 4.87. The van der Waals surface area contributed by atoms with Crippen LogP contribution in [0, 0.1) is 29.1 Å². The molecule has 1 aromatic carbocycles. The van der Waals surface area contributed by atoms with Crippen LogP contribution in [-0.4, -0.2) is 64.6 Å². The minimum Gasteiger partial charge on any atom is -0.490 e. The number of ketones is 1. The van der Waals surface area contributed by atoms with Crippen molar-refractivity contribution < 1.29 is 37.4 Å². The van der Waals surface area contributed by atoms with Crippen molar-refractivity contribution in [2.24, 2.45) is 29.1 Å². The van der Waals surface area contributed by atoms with Gasteiger partial charge in [-0.2, -0.15) is 0 Å². The number of alkyl halides is 2. The highest BCUT2D eigenvalue weighted by molar-refractivity contribution is 5.92. The van der Waals surface area contributed by atoms with Gasteiger partial charge in [-0.25, -0.2) is 18.6 Å². The fourth-order valence-corrected chi connectivity index (χ4v) is 8.31. The van der Waals surface area contributed by atoms with E-state index in [4.69, 9.17) is 14.2 Å². The van der Waals surface area contributed by atoms with Gasteiger partial charge in [-0.1, -0.05) is 34.1 Å². The van der Waals surface area contributed by atoms with Gasteiger partial charge in [0, 0.05) is 23.8 Å². The highest BCUT2D eigenvalue weighted by atomic mass is 19.3. The van der Waals surface area contributed by atoms with Crippen molar-refractivity contribution in [3.63, 3.8) is 0 Å². The van der Waals surface area contributed by atoms with E-state index in [1.54, 1.807) is 25.1 Å². The van der Waals surface area contributed by atoms with Crippen molar-refractivity contribution in [2.45, 2.75) is 122 Å². The third-order valence-electron chi connectivity index (χ3n) is 11.2. The van der Waals surface area contributed by atoms with E-state index in [1.165, 1.54) is 17.9 Å². The highest BCUT2D eigenvalue weighted by Crippen LogP contribution is 2.58. The third kappa shape index (κ3) is 6.45. The van der Waals surface area contributed by atoms with Gasteiger partial charge in [0.15, 0.2) is 5.78 Å². The Hall–Kier alpha value is -3.50. The van der Waals surface area contributed by atoms with E-state index in [-0.39, 0.29) is 54.7 Å². The number of benzene rings is 1. The average molecular weight is 668 g/mol. The first-order valence-electron chi connectivity index (χ1n) is 17.6. The van der Waals surface area contributed by atoms with E-state index >= 15 is 8.78 Å². The van der Waals surface area contributed by atoms with Crippen LogP contribution in [0.5, 0.6) is 11.6 Å². The molecule has 2 unspecified atom stereocenters. The van der Waals surface area contributed by atoms with Gasteiger partial charge in [0.25, 0.3) is 5.92 Å². The number of pyridine rings is 1. The van der Waals surface area contributed by atoms with E-state index in [0.29, 0.717) is 41.3 Å². The molecule has 1 saturated heterocycles. The number of aromatic nitrogens is 1. The van der Waals surface area contributed by atoms with Crippen LogP contribution in [0.25, 0.3) is 10.9 Å². The monoisotopic (exact) mass is 667 g/mol. The Morgan fingerprint density at radius 3 is 2.52 bits per heavy atom. The molecule has 1 aromatic heterocycles. The van der Waals surface area contributed by atoms with Crippen molar-refractivity contribution in [3.8, 4) is 11.6 Å². The topological polar surface area (TPSA) is 107 Å². The summed E-state index contributed by atoms with van der Waals surface area (Å²) < 4.78 is 50.8. The second-order valence-corrected chi connectivity index (χ2v) is 16.0. The number of carbonyl (C=O) groups is 3. The largest absolute Gasteiger partial charge is 0.490 e. The van der Waals surface area contributed by atoms with Gasteiger partial charge in [-0.3, -0.25) is 9.59 Å². The molecular weight excluding hydrogens is 620 g/mol. The van der Waals surface area contributed by atoms with E-state index in [2.05, 4.69) is 10.3 Å². The summed E-state index contributed by atoms with van der Waals surface area (Å²) in [6.07, 6.45) is 3.31. The second-order valence-electron chi connectivity index (χ2n) is 16.0. The number of hydrogen-bond donors (Lipinski definition) is 1. The lowest BCUT2D eigenvalue weighted by Crippen LogP contribution is -2.57. The zero-order chi connectivity index (χ0) is 34.1. The molecule has 0 spiro atoms. The Labute approximate surface area is 280 Å². The molecule has 2 aromatic rings. The van der Waals surface area contributed by atoms with Crippen LogP contribution in [0.1, 0.15) is 91.5 Å². The van der Waals surface area contributed by atoms with Crippen molar-refractivity contribution in [2.75, 3.05) is 6.54 Å². The molecule has 0 radical (unpaired) electrons. The van der Waals surface area contributed by atoms with E-state index < -0.39 is 47.4 Å². The molecule has 2 bridgehead atoms. The summed E-state index contributed by atoms with van der Waals surface area (Å²) in [5, 5.41) is 3.40. The van der Waals surface area contributed by atoms with Crippen molar-refractivity contribution >= 4 is 28.7 Å². The van der Waals surface area contributed by atoms with Crippen molar-refractivity contribution in [1.29, 1.82) is 0 Å². The predicted molar refractivity (Wildman–Crippen MR) is 174 cm³/mol. The van der Waals surface area contributed by atoms with Gasteiger partial charge in [0.2, 0.25) is 11.8 Å². The summed E-state index contributed by atoms with van der Waals surface area (Å²) in [6.45, 7) is 8.71. The number of fused-ring (bicyclic) bond motifs is 7. The minimum absolute atomic E-state index is 0.0306. The number of ether oxygens (including phenoxy) is 3. The number of amides is 2. The number of halogens is 2. The highest BCUT2D eigenvalue weighted by Gasteiger charge is 2.55. The summed E-state index contributed by atoms with van der Waals surface area (Å²) >= 11 is 0. The number of carbonyl (C=O) groups excluding carboxylic acids is 3. The molecule has 9 nitrogen and oxygen atoms in total. The van der Waals surface area contributed by atoms with Crippen LogP contribution in [-0.2, 0) is 20.2 Å². The number of nitrogens with one attached hydrogen (secondary N) is 1. The molecule has 8 atom stereocenters. The molecule has 3 aliphatic carbocycles. The quantitative estimate of drug-likeness (QED) is 0.384. The van der Waals surface area contributed by atoms with E-state index in [0.717, 1.165) is 25.7 Å². The first kappa shape index (κ1) is 33.0. The smallest absolute Gasteiger partial charge is 0.408 e.